The van der Waals surface area contributed by atoms with Crippen molar-refractivity contribution in [2.75, 3.05) is 0 Å². The van der Waals surface area contributed by atoms with Gasteiger partial charge in [-0.2, -0.15) is 0 Å². The Morgan fingerprint density at radius 3 is 2.60 bits per heavy atom. The molecule has 1 rings (SSSR count). The molecular weight excluding hydrogens is 212 g/mol. The summed E-state index contributed by atoms with van der Waals surface area (Å²) in [7, 11) is 0. The molecule has 5 heteroatoms. The molecular formula is C10H16N2O2S. The molecule has 2 atom stereocenters. The third kappa shape index (κ3) is 3.28. The lowest BCUT2D eigenvalue weighted by molar-refractivity contribution is -0.140. The average molecular weight is 228 g/mol. The van der Waals surface area contributed by atoms with Gasteiger partial charge in [0.25, 0.3) is 0 Å². The van der Waals surface area contributed by atoms with Gasteiger partial charge in [0.2, 0.25) is 0 Å². The number of hydrogen-bond donors (Lipinski definition) is 2. The van der Waals surface area contributed by atoms with Crippen LogP contribution in [0.1, 0.15) is 31.8 Å². The molecule has 1 aromatic heterocycles. The summed E-state index contributed by atoms with van der Waals surface area (Å²) < 4.78 is 0. The number of thiazole rings is 1. The molecule has 0 aliphatic carbocycles. The van der Waals surface area contributed by atoms with E-state index >= 15 is 0 Å². The average Bonchev–Trinajstić information content (AvgIpc) is 2.65. The maximum Gasteiger partial charge on any atom is 0.320 e. The number of nitrogens with one attached hydrogen (secondary N) is 1. The zero-order chi connectivity index (χ0) is 11.4. The first-order valence-corrected chi connectivity index (χ1v) is 5.78. The van der Waals surface area contributed by atoms with E-state index in [1.807, 2.05) is 26.2 Å². The van der Waals surface area contributed by atoms with Crippen LogP contribution in [-0.2, 0) is 4.79 Å². The fourth-order valence-corrected chi connectivity index (χ4v) is 1.99. The molecule has 2 unspecified atom stereocenters. The second-order valence-electron chi connectivity index (χ2n) is 3.82. The largest absolute Gasteiger partial charge is 0.480 e. The second-order valence-corrected chi connectivity index (χ2v) is 4.74. The third-order valence-electron chi connectivity index (χ3n) is 2.18. The smallest absolute Gasteiger partial charge is 0.320 e. The quantitative estimate of drug-likeness (QED) is 0.808. The molecule has 1 heterocycles. The van der Waals surface area contributed by atoms with Crippen LogP contribution in [0.2, 0.25) is 0 Å². The van der Waals surface area contributed by atoms with Crippen molar-refractivity contribution in [1.29, 1.82) is 0 Å². The minimum atomic E-state index is -0.812. The van der Waals surface area contributed by atoms with E-state index in [1.165, 1.54) is 11.3 Å². The van der Waals surface area contributed by atoms with Crippen molar-refractivity contribution >= 4 is 17.3 Å². The molecule has 0 aliphatic rings. The molecule has 2 N–H and O–H groups in total. The lowest BCUT2D eigenvalue weighted by Crippen LogP contribution is -2.42. The van der Waals surface area contributed by atoms with Gasteiger partial charge in [0, 0.05) is 11.6 Å². The molecule has 15 heavy (non-hydrogen) atoms. The molecule has 0 saturated heterocycles. The first-order chi connectivity index (χ1) is 7.02. The molecule has 0 aromatic carbocycles. The first kappa shape index (κ1) is 12.1. The Bertz CT molecular complexity index is 311. The van der Waals surface area contributed by atoms with Crippen molar-refractivity contribution in [3.63, 3.8) is 0 Å². The van der Waals surface area contributed by atoms with Gasteiger partial charge in [-0.3, -0.25) is 10.1 Å². The van der Waals surface area contributed by atoms with Gasteiger partial charge in [0.05, 0.1) is 6.04 Å². The number of carboxylic acid groups (broad SMARTS) is 1. The monoisotopic (exact) mass is 228 g/mol. The molecule has 1 aromatic rings. The Labute approximate surface area is 93.4 Å². The predicted octanol–water partition coefficient (Wildman–Crippen LogP) is 1.90. The van der Waals surface area contributed by atoms with Crippen molar-refractivity contribution < 1.29 is 9.90 Å². The van der Waals surface area contributed by atoms with E-state index in [0.717, 1.165) is 5.01 Å². The van der Waals surface area contributed by atoms with Crippen LogP contribution in [0.4, 0.5) is 0 Å². The first-order valence-electron chi connectivity index (χ1n) is 4.90. The Morgan fingerprint density at radius 2 is 2.20 bits per heavy atom. The van der Waals surface area contributed by atoms with E-state index in [4.69, 9.17) is 5.11 Å². The number of rotatable bonds is 5. The number of hydrogen-bond acceptors (Lipinski definition) is 4. The number of carboxylic acids is 1. The summed E-state index contributed by atoms with van der Waals surface area (Å²) in [5, 5.41) is 14.9. The van der Waals surface area contributed by atoms with E-state index in [0.29, 0.717) is 0 Å². The molecule has 0 amide bonds. The van der Waals surface area contributed by atoms with Crippen LogP contribution >= 0.6 is 11.3 Å². The van der Waals surface area contributed by atoms with Gasteiger partial charge in [-0.1, -0.05) is 13.8 Å². The van der Waals surface area contributed by atoms with Crippen LogP contribution in [0.25, 0.3) is 0 Å². The summed E-state index contributed by atoms with van der Waals surface area (Å²) in [4.78, 5) is 15.1. The minimum absolute atomic E-state index is 0.0199. The molecule has 0 aliphatic heterocycles. The summed E-state index contributed by atoms with van der Waals surface area (Å²) in [6.45, 7) is 5.71. The van der Waals surface area contributed by atoms with Gasteiger partial charge in [0.15, 0.2) is 0 Å². The molecule has 0 saturated carbocycles. The molecule has 84 valence electrons. The molecule has 0 radical (unpaired) electrons. The molecule has 0 spiro atoms. The topological polar surface area (TPSA) is 62.2 Å². The van der Waals surface area contributed by atoms with Gasteiger partial charge in [0.1, 0.15) is 11.0 Å². The summed E-state index contributed by atoms with van der Waals surface area (Å²) in [5.74, 6) is -0.752. The number of aliphatic carboxylic acids is 1. The van der Waals surface area contributed by atoms with E-state index in [-0.39, 0.29) is 12.0 Å². The molecule has 0 bridgehead atoms. The van der Waals surface area contributed by atoms with Crippen LogP contribution in [0.3, 0.4) is 0 Å². The summed E-state index contributed by atoms with van der Waals surface area (Å²) in [6.07, 6.45) is 1.73. The minimum Gasteiger partial charge on any atom is -0.480 e. The zero-order valence-electron chi connectivity index (χ0n) is 9.10. The van der Waals surface area contributed by atoms with E-state index < -0.39 is 12.0 Å². The van der Waals surface area contributed by atoms with Gasteiger partial charge in [-0.25, -0.2) is 4.98 Å². The van der Waals surface area contributed by atoms with Gasteiger partial charge >= 0.3 is 5.97 Å². The lowest BCUT2D eigenvalue weighted by Gasteiger charge is -2.21. The summed E-state index contributed by atoms with van der Waals surface area (Å²) in [5.41, 5.74) is 0. The number of nitrogens with zero attached hydrogens (tertiary/aromatic N) is 1. The standard InChI is InChI=1S/C10H16N2O2S/c1-6(2)8(10(13)14)12-7(3)9-11-4-5-15-9/h4-8,12H,1-3H3,(H,13,14). The molecule has 0 fully saturated rings. The predicted molar refractivity (Wildman–Crippen MR) is 59.9 cm³/mol. The lowest BCUT2D eigenvalue weighted by atomic mass is 10.0. The van der Waals surface area contributed by atoms with Gasteiger partial charge < -0.3 is 5.11 Å². The van der Waals surface area contributed by atoms with Crippen LogP contribution in [0, 0.1) is 5.92 Å². The second kappa shape index (κ2) is 5.23. The Hall–Kier alpha value is -0.940. The van der Waals surface area contributed by atoms with E-state index in [2.05, 4.69) is 10.3 Å². The van der Waals surface area contributed by atoms with Crippen molar-refractivity contribution in [3.8, 4) is 0 Å². The van der Waals surface area contributed by atoms with Gasteiger partial charge in [-0.15, -0.1) is 11.3 Å². The highest BCUT2D eigenvalue weighted by atomic mass is 32.1. The van der Waals surface area contributed by atoms with E-state index in [1.54, 1.807) is 6.20 Å². The zero-order valence-corrected chi connectivity index (χ0v) is 9.91. The number of aromatic nitrogens is 1. The van der Waals surface area contributed by atoms with Crippen LogP contribution in [0.5, 0.6) is 0 Å². The maximum atomic E-state index is 11.0. The van der Waals surface area contributed by atoms with Crippen LogP contribution in [-0.4, -0.2) is 22.1 Å². The van der Waals surface area contributed by atoms with E-state index in [9.17, 15) is 4.79 Å². The Kier molecular flexibility index (Phi) is 4.23. The fraction of sp³-hybridized carbons (Fsp3) is 0.600. The molecule has 4 nitrogen and oxygen atoms in total. The highest BCUT2D eigenvalue weighted by Gasteiger charge is 2.24. The third-order valence-corrected chi connectivity index (χ3v) is 3.14. The maximum absolute atomic E-state index is 11.0. The van der Waals surface area contributed by atoms with Crippen molar-refractivity contribution in [2.45, 2.75) is 32.9 Å². The highest BCUT2D eigenvalue weighted by molar-refractivity contribution is 7.09. The Balaban J connectivity index is 2.63. The Morgan fingerprint density at radius 1 is 1.53 bits per heavy atom. The van der Waals surface area contributed by atoms with Crippen molar-refractivity contribution in [1.82, 2.24) is 10.3 Å². The van der Waals surface area contributed by atoms with Crippen molar-refractivity contribution in [3.05, 3.63) is 16.6 Å². The SMILES string of the molecule is CC(NC(C(=O)O)C(C)C)c1nccs1. The summed E-state index contributed by atoms with van der Waals surface area (Å²) >= 11 is 1.53. The van der Waals surface area contributed by atoms with Crippen LogP contribution < -0.4 is 5.32 Å². The normalized spacial score (nSPS) is 15.2. The van der Waals surface area contributed by atoms with Crippen LogP contribution in [0.15, 0.2) is 11.6 Å². The van der Waals surface area contributed by atoms with Gasteiger partial charge in [-0.05, 0) is 12.8 Å². The van der Waals surface area contributed by atoms with Crippen molar-refractivity contribution in [2.24, 2.45) is 5.92 Å². The number of carbonyl (C=O) groups is 1. The fourth-order valence-electron chi connectivity index (χ4n) is 1.34. The summed E-state index contributed by atoms with van der Waals surface area (Å²) in [6, 6.07) is -0.544. The highest BCUT2D eigenvalue weighted by Crippen LogP contribution is 2.17.